The highest BCUT2D eigenvalue weighted by molar-refractivity contribution is 5.80. The molecule has 482 valence electrons. The zero-order chi connectivity index (χ0) is 59.4. The third kappa shape index (κ3) is 62.5. The lowest BCUT2D eigenvalue weighted by Crippen LogP contribution is -2.53. The largest absolute Gasteiger partial charge is 0.394 e. The molecule has 6 nitrogen and oxygen atoms in total. The lowest BCUT2D eigenvalue weighted by molar-refractivity contribution is -0.132. The molecule has 0 aromatic heterocycles. The molecular formula is C76H143NO5. The van der Waals surface area contributed by atoms with Crippen LogP contribution in [0.2, 0.25) is 0 Å². The van der Waals surface area contributed by atoms with Crippen molar-refractivity contribution < 1.29 is 25.2 Å². The summed E-state index contributed by atoms with van der Waals surface area (Å²) in [6.45, 7) is 4.09. The second-order valence-corrected chi connectivity index (χ2v) is 25.3. The van der Waals surface area contributed by atoms with Gasteiger partial charge >= 0.3 is 0 Å². The van der Waals surface area contributed by atoms with Gasteiger partial charge in [0.05, 0.1) is 18.8 Å². The van der Waals surface area contributed by atoms with E-state index < -0.39 is 36.9 Å². The summed E-state index contributed by atoms with van der Waals surface area (Å²) in [6.07, 6.45) is 93.7. The van der Waals surface area contributed by atoms with Crippen molar-refractivity contribution in [3.05, 3.63) is 60.8 Å². The van der Waals surface area contributed by atoms with Gasteiger partial charge < -0.3 is 25.7 Å². The highest BCUT2D eigenvalue weighted by Crippen LogP contribution is 2.19. The van der Waals surface area contributed by atoms with Crippen LogP contribution >= 0.6 is 0 Å². The Balaban J connectivity index is 3.60. The molecule has 0 aromatic carbocycles. The van der Waals surface area contributed by atoms with Crippen LogP contribution in [0.3, 0.4) is 0 Å². The number of aliphatic hydroxyl groups is 4. The molecule has 0 radical (unpaired) electrons. The van der Waals surface area contributed by atoms with Crippen molar-refractivity contribution in [3.8, 4) is 0 Å². The SMILES string of the molecule is CCCCCCCCCCCCCCCCC/C=C\C/C=C\CCCCCCCCCCCCCCCCCCC(O)C(=O)NC(CO)C(O)C(O)CCC/C=C/CC/C=C/CC/C=C/CCCCCCCCCCCCCCCCC. The molecule has 0 spiro atoms. The third-order valence-corrected chi connectivity index (χ3v) is 17.2. The summed E-state index contributed by atoms with van der Waals surface area (Å²) in [6, 6.07) is -1.02. The zero-order valence-electron chi connectivity index (χ0n) is 55.0. The summed E-state index contributed by atoms with van der Waals surface area (Å²) in [5.74, 6) is -0.596. The van der Waals surface area contributed by atoms with Gasteiger partial charge in [0.15, 0.2) is 0 Å². The lowest BCUT2D eigenvalue weighted by atomic mass is 10.00. The number of nitrogens with one attached hydrogen (secondary N) is 1. The molecule has 6 heteroatoms. The highest BCUT2D eigenvalue weighted by atomic mass is 16.3. The van der Waals surface area contributed by atoms with Gasteiger partial charge in [0.2, 0.25) is 5.91 Å². The first-order valence-corrected chi connectivity index (χ1v) is 36.7. The standard InChI is InChI=1S/C76H143NO5/c1-3-5-7-9-11-13-15-17-19-21-23-25-27-29-31-33-34-35-36-37-38-39-40-41-42-44-46-48-50-52-54-56-58-60-62-64-66-68-70-74(80)76(82)77-72(71-78)75(81)73(79)69-67-65-63-61-59-57-55-53-51-49-47-45-43-32-30-28-26-24-22-20-18-16-14-12-10-8-6-4-2/h34-35,37-38,45,47,53,55,61,63,72-75,78-81H,3-33,36,39-44,46,48-52,54,56-60,62,64-71H2,1-2H3,(H,77,82)/b35-34-,38-37-,47-45+,55-53+,63-61+. The maximum atomic E-state index is 12.7. The molecule has 0 bridgehead atoms. The van der Waals surface area contributed by atoms with E-state index in [1.165, 1.54) is 295 Å². The number of unbranched alkanes of at least 4 members (excludes halogenated alkanes) is 49. The topological polar surface area (TPSA) is 110 Å². The van der Waals surface area contributed by atoms with E-state index in [2.05, 4.69) is 79.9 Å². The van der Waals surface area contributed by atoms with Crippen LogP contribution in [0.15, 0.2) is 60.8 Å². The molecule has 0 aromatic rings. The Morgan fingerprint density at radius 3 is 0.841 bits per heavy atom. The van der Waals surface area contributed by atoms with Crippen molar-refractivity contribution in [1.82, 2.24) is 5.32 Å². The molecule has 82 heavy (non-hydrogen) atoms. The lowest BCUT2D eigenvalue weighted by Gasteiger charge is -2.27. The maximum Gasteiger partial charge on any atom is 0.249 e. The van der Waals surface area contributed by atoms with Gasteiger partial charge in [-0.25, -0.2) is 0 Å². The minimum absolute atomic E-state index is 0.358. The summed E-state index contributed by atoms with van der Waals surface area (Å²) in [4.78, 5) is 12.7. The number of rotatable bonds is 68. The van der Waals surface area contributed by atoms with Crippen molar-refractivity contribution >= 4 is 5.91 Å². The molecule has 0 saturated carbocycles. The van der Waals surface area contributed by atoms with Crippen LogP contribution in [0.25, 0.3) is 0 Å². The Bertz CT molecular complexity index is 1390. The van der Waals surface area contributed by atoms with Crippen molar-refractivity contribution in [2.45, 2.75) is 411 Å². The molecular weight excluding hydrogens is 1010 g/mol. The first kappa shape index (κ1) is 80.0. The molecule has 0 fully saturated rings. The summed E-state index contributed by atoms with van der Waals surface area (Å²) in [5.41, 5.74) is 0. The minimum atomic E-state index is -1.30. The first-order chi connectivity index (χ1) is 40.5. The van der Waals surface area contributed by atoms with Gasteiger partial charge in [-0.15, -0.1) is 0 Å². The van der Waals surface area contributed by atoms with E-state index in [0.29, 0.717) is 19.3 Å². The van der Waals surface area contributed by atoms with Gasteiger partial charge in [0.1, 0.15) is 12.2 Å². The fourth-order valence-electron chi connectivity index (χ4n) is 11.5. The summed E-state index contributed by atoms with van der Waals surface area (Å²) >= 11 is 0. The number of aliphatic hydroxyl groups excluding tert-OH is 4. The maximum absolute atomic E-state index is 12.7. The predicted molar refractivity (Wildman–Crippen MR) is 362 cm³/mol. The van der Waals surface area contributed by atoms with Crippen LogP contribution in [-0.4, -0.2) is 57.3 Å². The van der Waals surface area contributed by atoms with Crippen LogP contribution in [0.4, 0.5) is 0 Å². The second-order valence-electron chi connectivity index (χ2n) is 25.3. The molecule has 5 N–H and O–H groups in total. The number of carbonyl (C=O) groups excluding carboxylic acids is 1. The van der Waals surface area contributed by atoms with Crippen LogP contribution < -0.4 is 5.32 Å². The van der Waals surface area contributed by atoms with Gasteiger partial charge in [-0.2, -0.15) is 0 Å². The predicted octanol–water partition coefficient (Wildman–Crippen LogP) is 23.0. The Hall–Kier alpha value is -1.99. The number of hydrogen-bond donors (Lipinski definition) is 5. The van der Waals surface area contributed by atoms with E-state index in [4.69, 9.17) is 0 Å². The molecule has 0 heterocycles. The third-order valence-electron chi connectivity index (χ3n) is 17.2. The van der Waals surface area contributed by atoms with Gasteiger partial charge in [-0.05, 0) is 96.3 Å². The Morgan fingerprint density at radius 1 is 0.305 bits per heavy atom. The molecule has 0 aliphatic carbocycles. The van der Waals surface area contributed by atoms with Crippen molar-refractivity contribution in [2.75, 3.05) is 6.61 Å². The van der Waals surface area contributed by atoms with Crippen LogP contribution in [0.5, 0.6) is 0 Å². The average molecular weight is 1150 g/mol. The van der Waals surface area contributed by atoms with Crippen LogP contribution in [0, 0.1) is 0 Å². The smallest absolute Gasteiger partial charge is 0.249 e. The summed E-state index contributed by atoms with van der Waals surface area (Å²) < 4.78 is 0. The molecule has 1 amide bonds. The monoisotopic (exact) mass is 1150 g/mol. The Labute approximate surface area is 512 Å². The number of allylic oxidation sites excluding steroid dienone is 10. The normalized spacial score (nSPS) is 13.8. The molecule has 4 unspecified atom stereocenters. The Kier molecular flexibility index (Phi) is 68.1. The zero-order valence-corrected chi connectivity index (χ0v) is 55.0. The minimum Gasteiger partial charge on any atom is -0.394 e. The second kappa shape index (κ2) is 69.8. The number of carbonyl (C=O) groups is 1. The van der Waals surface area contributed by atoms with E-state index in [1.807, 2.05) is 0 Å². The molecule has 4 atom stereocenters. The van der Waals surface area contributed by atoms with Gasteiger partial charge in [-0.1, -0.05) is 351 Å². The molecule has 0 aliphatic rings. The van der Waals surface area contributed by atoms with Crippen molar-refractivity contribution in [3.63, 3.8) is 0 Å². The van der Waals surface area contributed by atoms with E-state index in [0.717, 1.165) is 57.8 Å². The Morgan fingerprint density at radius 2 is 0.549 bits per heavy atom. The van der Waals surface area contributed by atoms with Crippen LogP contribution in [0.1, 0.15) is 386 Å². The van der Waals surface area contributed by atoms with Crippen molar-refractivity contribution in [1.29, 1.82) is 0 Å². The fourth-order valence-corrected chi connectivity index (χ4v) is 11.5. The molecule has 0 saturated heterocycles. The summed E-state index contributed by atoms with van der Waals surface area (Å²) in [5, 5.41) is 44.2. The van der Waals surface area contributed by atoms with E-state index in [9.17, 15) is 25.2 Å². The van der Waals surface area contributed by atoms with E-state index in [1.54, 1.807) is 0 Å². The van der Waals surface area contributed by atoms with E-state index in [-0.39, 0.29) is 0 Å². The van der Waals surface area contributed by atoms with Crippen LogP contribution in [-0.2, 0) is 4.79 Å². The summed E-state index contributed by atoms with van der Waals surface area (Å²) in [7, 11) is 0. The van der Waals surface area contributed by atoms with Gasteiger partial charge in [-0.3, -0.25) is 4.79 Å². The van der Waals surface area contributed by atoms with E-state index >= 15 is 0 Å². The quantitative estimate of drug-likeness (QED) is 0.0308. The van der Waals surface area contributed by atoms with Crippen molar-refractivity contribution in [2.24, 2.45) is 0 Å². The first-order valence-electron chi connectivity index (χ1n) is 36.7. The number of amides is 1. The molecule has 0 rings (SSSR count). The highest BCUT2D eigenvalue weighted by Gasteiger charge is 2.28. The fraction of sp³-hybridized carbons (Fsp3) is 0.855. The van der Waals surface area contributed by atoms with Gasteiger partial charge in [0.25, 0.3) is 0 Å². The van der Waals surface area contributed by atoms with Gasteiger partial charge in [0, 0.05) is 0 Å². The average Bonchev–Trinajstić information content (AvgIpc) is 3.48. The molecule has 0 aliphatic heterocycles. The number of hydrogen-bond acceptors (Lipinski definition) is 5.